The minimum atomic E-state index is -1.46. The van der Waals surface area contributed by atoms with Crippen LogP contribution >= 0.6 is 11.8 Å². The fraction of sp³-hybridized carbons (Fsp3) is 0.500. The van der Waals surface area contributed by atoms with Gasteiger partial charge in [-0.15, -0.1) is 11.8 Å². The molecule has 0 aromatic rings. The number of amides is 1. The number of carboxylic acid groups (broad SMARTS) is 2. The third-order valence-electron chi connectivity index (χ3n) is 2.85. The maximum atomic E-state index is 11.6. The van der Waals surface area contributed by atoms with Gasteiger partial charge in [-0.1, -0.05) is 0 Å². The predicted octanol–water partition coefficient (Wildman–Crippen LogP) is -8.52. The molecule has 6 nitrogen and oxygen atoms in total. The zero-order chi connectivity index (χ0) is 13.0. The van der Waals surface area contributed by atoms with Crippen LogP contribution in [-0.2, 0) is 14.4 Å². The molecule has 0 aliphatic carbocycles. The van der Waals surface area contributed by atoms with Gasteiger partial charge in [0.05, 0.1) is 23.6 Å². The van der Waals surface area contributed by atoms with Gasteiger partial charge in [-0.25, -0.2) is 0 Å². The Morgan fingerprint density at radius 3 is 2.26 bits per heavy atom. The summed E-state index contributed by atoms with van der Waals surface area (Å²) in [6, 6.07) is -1.04. The van der Waals surface area contributed by atoms with Crippen LogP contribution in [0.25, 0.3) is 0 Å². The van der Waals surface area contributed by atoms with Crippen LogP contribution in [0, 0.1) is 0 Å². The Morgan fingerprint density at radius 1 is 1.32 bits per heavy atom. The molecule has 2 heterocycles. The van der Waals surface area contributed by atoms with Gasteiger partial charge in [0.1, 0.15) is 5.37 Å². The molecule has 2 rings (SSSR count). The maximum absolute atomic E-state index is 11.6. The Balaban J connectivity index is 0.00000162. The summed E-state index contributed by atoms with van der Waals surface area (Å²) in [5.41, 5.74) is 0.0758. The summed E-state index contributed by atoms with van der Waals surface area (Å²) >= 11 is 1.23. The summed E-state index contributed by atoms with van der Waals surface area (Å²) in [4.78, 5) is 34.2. The number of carboxylic acids is 2. The molecule has 2 aliphatic rings. The minimum absolute atomic E-state index is 0. The molecule has 0 spiro atoms. The van der Waals surface area contributed by atoms with Gasteiger partial charge in [0.2, 0.25) is 0 Å². The predicted molar refractivity (Wildman–Crippen MR) is 54.2 cm³/mol. The largest absolute Gasteiger partial charge is 1.00 e. The van der Waals surface area contributed by atoms with E-state index in [9.17, 15) is 24.6 Å². The number of nitrogens with zero attached hydrogens (tertiary/aromatic N) is 1. The zero-order valence-corrected chi connectivity index (χ0v) is 15.9. The molecule has 2 saturated heterocycles. The Morgan fingerprint density at radius 2 is 1.84 bits per heavy atom. The van der Waals surface area contributed by atoms with Crippen molar-refractivity contribution in [3.63, 3.8) is 0 Å². The van der Waals surface area contributed by atoms with E-state index in [0.717, 1.165) is 11.0 Å². The molecule has 2 aliphatic heterocycles. The molecule has 0 aromatic carbocycles. The topological polar surface area (TPSA) is 101 Å². The van der Waals surface area contributed by atoms with E-state index in [1.165, 1.54) is 11.8 Å². The summed E-state index contributed by atoms with van der Waals surface area (Å²) in [5, 5.41) is 20.9. The molecular weight excluding hydrogens is 292 g/mol. The van der Waals surface area contributed by atoms with E-state index in [2.05, 4.69) is 0 Å². The van der Waals surface area contributed by atoms with Gasteiger partial charge in [0, 0.05) is 4.75 Å². The van der Waals surface area contributed by atoms with Gasteiger partial charge in [-0.05, 0) is 19.9 Å². The van der Waals surface area contributed by atoms with Gasteiger partial charge in [-0.2, -0.15) is 0 Å². The van der Waals surface area contributed by atoms with Crippen molar-refractivity contribution in [1.82, 2.24) is 4.90 Å². The van der Waals surface area contributed by atoms with E-state index >= 15 is 0 Å². The van der Waals surface area contributed by atoms with Crippen molar-refractivity contribution in [1.29, 1.82) is 0 Å². The first-order valence-electron chi connectivity index (χ1n) is 4.89. The molecule has 2 fully saturated rings. The molecule has 0 bridgehead atoms. The van der Waals surface area contributed by atoms with Crippen molar-refractivity contribution in [2.45, 2.75) is 30.0 Å². The van der Waals surface area contributed by atoms with Gasteiger partial charge < -0.3 is 24.7 Å². The monoisotopic (exact) mass is 301 g/mol. The van der Waals surface area contributed by atoms with E-state index in [-0.39, 0.29) is 64.7 Å². The van der Waals surface area contributed by atoms with Crippen LogP contribution in [0.1, 0.15) is 13.8 Å². The number of rotatable bonds is 2. The molecule has 92 valence electrons. The smallest absolute Gasteiger partial charge is 0.548 e. The van der Waals surface area contributed by atoms with Crippen molar-refractivity contribution in [3.8, 4) is 0 Å². The second-order valence-electron chi connectivity index (χ2n) is 4.43. The molecule has 0 aromatic heterocycles. The first kappa shape index (κ1) is 19.5. The zero-order valence-electron chi connectivity index (χ0n) is 11.1. The van der Waals surface area contributed by atoms with E-state index in [4.69, 9.17) is 0 Å². The Bertz CT molecular complexity index is 465. The van der Waals surface area contributed by atoms with Gasteiger partial charge in [0.15, 0.2) is 0 Å². The summed E-state index contributed by atoms with van der Waals surface area (Å²) in [6.07, 6.45) is 0.726. The van der Waals surface area contributed by atoms with Crippen molar-refractivity contribution in [2.24, 2.45) is 0 Å². The third-order valence-corrected chi connectivity index (χ3v) is 4.38. The van der Waals surface area contributed by atoms with Crippen LogP contribution < -0.4 is 69.3 Å². The van der Waals surface area contributed by atoms with E-state index in [0.29, 0.717) is 0 Å². The summed E-state index contributed by atoms with van der Waals surface area (Å²) in [7, 11) is 0. The first-order chi connectivity index (χ1) is 7.75. The molecule has 2 atom stereocenters. The summed E-state index contributed by atoms with van der Waals surface area (Å²) < 4.78 is -0.708. The summed E-state index contributed by atoms with van der Waals surface area (Å²) in [5.74, 6) is -3.36. The Kier molecular flexibility index (Phi) is 6.68. The Hall–Kier alpha value is 0.500. The fourth-order valence-electron chi connectivity index (χ4n) is 2.16. The second kappa shape index (κ2) is 6.51. The van der Waals surface area contributed by atoms with Crippen LogP contribution in [0.5, 0.6) is 0 Å². The van der Waals surface area contributed by atoms with Crippen molar-refractivity contribution in [3.05, 3.63) is 11.6 Å². The van der Waals surface area contributed by atoms with Gasteiger partial charge in [0.25, 0.3) is 5.91 Å². The number of β-lactam (4-membered cyclic amide) rings is 1. The molecular formula is C10H9NNa2O5S. The third kappa shape index (κ3) is 3.23. The van der Waals surface area contributed by atoms with Crippen molar-refractivity contribution in [2.75, 3.05) is 0 Å². The number of aliphatic carboxylic acids is 2. The number of hydrogen-bond donors (Lipinski definition) is 0. The number of carbonyl (C=O) groups is 3. The molecule has 0 N–H and O–H groups in total. The molecule has 19 heavy (non-hydrogen) atoms. The van der Waals surface area contributed by atoms with Crippen LogP contribution in [0.4, 0.5) is 0 Å². The average Bonchev–Trinajstić information content (AvgIpc) is 2.43. The molecule has 0 saturated carbocycles. The molecule has 0 unspecified atom stereocenters. The van der Waals surface area contributed by atoms with Crippen molar-refractivity contribution < 1.29 is 83.7 Å². The van der Waals surface area contributed by atoms with Gasteiger partial charge >= 0.3 is 59.1 Å². The van der Waals surface area contributed by atoms with E-state index in [1.807, 2.05) is 0 Å². The van der Waals surface area contributed by atoms with E-state index in [1.54, 1.807) is 13.8 Å². The number of carbonyl (C=O) groups excluding carboxylic acids is 3. The SMILES string of the molecule is CC1(C)S[C@@H]2/C(=C\C(=O)[O-])C(=O)N2[C@H]1C(=O)[O-].[Na+].[Na+]. The number of fused-ring (bicyclic) bond motifs is 1. The van der Waals surface area contributed by atoms with Crippen LogP contribution in [0.3, 0.4) is 0 Å². The van der Waals surface area contributed by atoms with Gasteiger partial charge in [-0.3, -0.25) is 4.79 Å². The maximum Gasteiger partial charge on any atom is 1.00 e. The fourth-order valence-corrected chi connectivity index (χ4v) is 3.70. The average molecular weight is 301 g/mol. The standard InChI is InChI=1S/C10H11NO5S.2Na/c1-10(2)6(9(15)16)11-7(14)4(3-5(12)13)8(11)17-10;;/h3,6,8H,1-2H3,(H,12,13)(H,15,16);;/q;2*+1/p-2/b4-3-;;/t6-,8+;;/m0../s1. The van der Waals surface area contributed by atoms with Crippen LogP contribution in [0.15, 0.2) is 11.6 Å². The van der Waals surface area contributed by atoms with Crippen molar-refractivity contribution >= 4 is 29.6 Å². The van der Waals surface area contributed by atoms with Crippen LogP contribution in [0.2, 0.25) is 0 Å². The first-order valence-corrected chi connectivity index (χ1v) is 5.77. The van der Waals surface area contributed by atoms with Crippen LogP contribution in [-0.4, -0.2) is 38.9 Å². The Labute approximate surface area is 158 Å². The minimum Gasteiger partial charge on any atom is -0.548 e. The quantitative estimate of drug-likeness (QED) is 0.285. The second-order valence-corrected chi connectivity index (χ2v) is 6.16. The van der Waals surface area contributed by atoms with E-state index < -0.39 is 34.0 Å². The molecule has 0 radical (unpaired) electrons. The molecule has 9 heteroatoms. The number of hydrogen-bond acceptors (Lipinski definition) is 6. The number of thioether (sulfide) groups is 1. The normalized spacial score (nSPS) is 28.8. The summed E-state index contributed by atoms with van der Waals surface area (Å²) in [6.45, 7) is 3.36. The molecule has 1 amide bonds.